The van der Waals surface area contributed by atoms with Crippen LogP contribution in [-0.4, -0.2) is 23.2 Å². The topological polar surface area (TPSA) is 49.3 Å². The third kappa shape index (κ3) is 5.83. The Morgan fingerprint density at radius 3 is 2.52 bits per heavy atom. The van der Waals surface area contributed by atoms with Crippen LogP contribution in [0.3, 0.4) is 0 Å². The lowest BCUT2D eigenvalue weighted by atomic mass is 10.0. The molecular weight excluding hydrogens is 293 g/mol. The Balaban J connectivity index is 1.77. The Labute approximate surface area is 136 Å². The molecule has 0 heterocycles. The summed E-state index contributed by atoms with van der Waals surface area (Å²) in [7, 11) is 0. The van der Waals surface area contributed by atoms with Gasteiger partial charge < -0.3 is 10.4 Å². The standard InChI is InChI=1S/C19H22FNO2/c1-14(18(22)13-15-6-3-2-4-7-15)21-19(23)11-10-16-8-5-9-17(20)12-16/h2-9,12,14,18,22H,10-11,13H2,1H3,(H,21,23). The van der Waals surface area contributed by atoms with Crippen LogP contribution in [0.5, 0.6) is 0 Å². The molecule has 0 saturated carbocycles. The second kappa shape index (κ2) is 8.44. The summed E-state index contributed by atoms with van der Waals surface area (Å²) < 4.78 is 13.1. The van der Waals surface area contributed by atoms with Crippen molar-refractivity contribution in [2.75, 3.05) is 0 Å². The Morgan fingerprint density at radius 1 is 1.13 bits per heavy atom. The van der Waals surface area contributed by atoms with Crippen molar-refractivity contribution >= 4 is 5.91 Å². The molecule has 0 aromatic heterocycles. The molecule has 0 saturated heterocycles. The second-order valence-electron chi connectivity index (χ2n) is 5.74. The third-order valence-electron chi connectivity index (χ3n) is 3.78. The van der Waals surface area contributed by atoms with E-state index in [9.17, 15) is 14.3 Å². The molecular formula is C19H22FNO2. The van der Waals surface area contributed by atoms with E-state index in [-0.39, 0.29) is 24.2 Å². The van der Waals surface area contributed by atoms with Gasteiger partial charge >= 0.3 is 0 Å². The Hall–Kier alpha value is -2.20. The van der Waals surface area contributed by atoms with Crippen molar-refractivity contribution in [3.63, 3.8) is 0 Å². The molecule has 2 aromatic carbocycles. The van der Waals surface area contributed by atoms with Gasteiger partial charge in [0.1, 0.15) is 5.82 Å². The normalized spacial score (nSPS) is 13.3. The van der Waals surface area contributed by atoms with Crippen molar-refractivity contribution in [2.24, 2.45) is 0 Å². The average molecular weight is 315 g/mol. The molecule has 0 aliphatic rings. The minimum absolute atomic E-state index is 0.145. The van der Waals surface area contributed by atoms with Gasteiger partial charge in [0.25, 0.3) is 0 Å². The molecule has 3 nitrogen and oxygen atoms in total. The minimum atomic E-state index is -0.643. The van der Waals surface area contributed by atoms with Gasteiger partial charge in [-0.3, -0.25) is 4.79 Å². The van der Waals surface area contributed by atoms with E-state index in [4.69, 9.17) is 0 Å². The first kappa shape index (κ1) is 17.2. The molecule has 0 fully saturated rings. The number of hydrogen-bond donors (Lipinski definition) is 2. The molecule has 4 heteroatoms. The molecule has 0 aliphatic heterocycles. The van der Waals surface area contributed by atoms with Crippen molar-refractivity contribution in [1.82, 2.24) is 5.32 Å². The maximum Gasteiger partial charge on any atom is 0.220 e. The Kier molecular flexibility index (Phi) is 6.29. The van der Waals surface area contributed by atoms with Gasteiger partial charge in [0.05, 0.1) is 12.1 Å². The van der Waals surface area contributed by atoms with Crippen molar-refractivity contribution in [3.8, 4) is 0 Å². The fourth-order valence-electron chi connectivity index (χ4n) is 2.40. The molecule has 0 radical (unpaired) electrons. The van der Waals surface area contributed by atoms with Crippen LogP contribution in [0.2, 0.25) is 0 Å². The van der Waals surface area contributed by atoms with Crippen LogP contribution in [0.4, 0.5) is 4.39 Å². The average Bonchev–Trinajstić information content (AvgIpc) is 2.54. The lowest BCUT2D eigenvalue weighted by molar-refractivity contribution is -0.122. The van der Waals surface area contributed by atoms with Gasteiger partial charge in [-0.05, 0) is 36.6 Å². The zero-order valence-corrected chi connectivity index (χ0v) is 13.2. The van der Waals surface area contributed by atoms with Crippen molar-refractivity contribution in [3.05, 3.63) is 71.5 Å². The van der Waals surface area contributed by atoms with Gasteiger partial charge in [0.15, 0.2) is 0 Å². The Bertz CT molecular complexity index is 630. The summed E-state index contributed by atoms with van der Waals surface area (Å²) in [4.78, 5) is 12.0. The van der Waals surface area contributed by atoms with E-state index in [1.807, 2.05) is 30.3 Å². The number of aryl methyl sites for hydroxylation is 1. The van der Waals surface area contributed by atoms with Crippen LogP contribution in [0.25, 0.3) is 0 Å². The van der Waals surface area contributed by atoms with Crippen LogP contribution >= 0.6 is 0 Å². The van der Waals surface area contributed by atoms with E-state index in [0.717, 1.165) is 11.1 Å². The van der Waals surface area contributed by atoms with E-state index in [0.29, 0.717) is 12.8 Å². The highest BCUT2D eigenvalue weighted by molar-refractivity contribution is 5.76. The van der Waals surface area contributed by atoms with Gasteiger partial charge in [-0.2, -0.15) is 0 Å². The highest BCUT2D eigenvalue weighted by atomic mass is 19.1. The molecule has 0 bridgehead atoms. The number of nitrogens with one attached hydrogen (secondary N) is 1. The second-order valence-corrected chi connectivity index (χ2v) is 5.74. The smallest absolute Gasteiger partial charge is 0.220 e. The lowest BCUT2D eigenvalue weighted by Crippen LogP contribution is -2.42. The molecule has 0 spiro atoms. The number of hydrogen-bond acceptors (Lipinski definition) is 2. The predicted molar refractivity (Wildman–Crippen MR) is 88.5 cm³/mol. The summed E-state index contributed by atoms with van der Waals surface area (Å²) >= 11 is 0. The Morgan fingerprint density at radius 2 is 1.83 bits per heavy atom. The first-order valence-corrected chi connectivity index (χ1v) is 7.80. The highest BCUT2D eigenvalue weighted by Crippen LogP contribution is 2.08. The van der Waals surface area contributed by atoms with Gasteiger partial charge in [0, 0.05) is 12.8 Å². The number of aliphatic hydroxyl groups excluding tert-OH is 1. The van der Waals surface area contributed by atoms with Gasteiger partial charge in [-0.1, -0.05) is 42.5 Å². The fraction of sp³-hybridized carbons (Fsp3) is 0.316. The largest absolute Gasteiger partial charge is 0.391 e. The summed E-state index contributed by atoms with van der Waals surface area (Å²) in [6.07, 6.45) is 0.596. The van der Waals surface area contributed by atoms with E-state index >= 15 is 0 Å². The molecule has 23 heavy (non-hydrogen) atoms. The number of aliphatic hydroxyl groups is 1. The summed E-state index contributed by atoms with van der Waals surface area (Å²) in [6, 6.07) is 15.6. The van der Waals surface area contributed by atoms with E-state index in [1.54, 1.807) is 19.1 Å². The lowest BCUT2D eigenvalue weighted by Gasteiger charge is -2.20. The van der Waals surface area contributed by atoms with Crippen LogP contribution in [-0.2, 0) is 17.6 Å². The van der Waals surface area contributed by atoms with Crippen LogP contribution in [0, 0.1) is 5.82 Å². The first-order chi connectivity index (χ1) is 11.0. The number of amides is 1. The molecule has 1 amide bonds. The summed E-state index contributed by atoms with van der Waals surface area (Å²) in [5, 5.41) is 13.0. The quantitative estimate of drug-likeness (QED) is 0.825. The maximum atomic E-state index is 13.1. The van der Waals surface area contributed by atoms with Gasteiger partial charge in [0.2, 0.25) is 5.91 Å². The molecule has 2 atom stereocenters. The molecule has 2 unspecified atom stereocenters. The SMILES string of the molecule is CC(NC(=O)CCc1cccc(F)c1)C(O)Cc1ccccc1. The van der Waals surface area contributed by atoms with Crippen LogP contribution in [0.1, 0.15) is 24.5 Å². The van der Waals surface area contributed by atoms with Crippen molar-refractivity contribution in [2.45, 2.75) is 38.3 Å². The first-order valence-electron chi connectivity index (χ1n) is 7.80. The summed E-state index contributed by atoms with van der Waals surface area (Å²) in [5.41, 5.74) is 1.82. The monoisotopic (exact) mass is 315 g/mol. The molecule has 122 valence electrons. The minimum Gasteiger partial charge on any atom is -0.391 e. The molecule has 2 aromatic rings. The number of rotatable bonds is 7. The third-order valence-corrected chi connectivity index (χ3v) is 3.78. The van der Waals surface area contributed by atoms with E-state index < -0.39 is 6.10 Å². The van der Waals surface area contributed by atoms with Crippen LogP contribution < -0.4 is 5.32 Å². The van der Waals surface area contributed by atoms with Crippen molar-refractivity contribution in [1.29, 1.82) is 0 Å². The molecule has 2 rings (SSSR count). The maximum absolute atomic E-state index is 13.1. The number of benzene rings is 2. The summed E-state index contributed by atoms with van der Waals surface area (Å²) in [6.45, 7) is 1.79. The molecule has 2 N–H and O–H groups in total. The number of carbonyl (C=O) groups excluding carboxylic acids is 1. The highest BCUT2D eigenvalue weighted by Gasteiger charge is 2.16. The van der Waals surface area contributed by atoms with Gasteiger partial charge in [-0.25, -0.2) is 4.39 Å². The zero-order valence-electron chi connectivity index (χ0n) is 13.2. The predicted octanol–water partition coefficient (Wildman–Crippen LogP) is 2.87. The van der Waals surface area contributed by atoms with Crippen molar-refractivity contribution < 1.29 is 14.3 Å². The van der Waals surface area contributed by atoms with E-state index in [1.165, 1.54) is 12.1 Å². The zero-order chi connectivity index (χ0) is 16.7. The van der Waals surface area contributed by atoms with E-state index in [2.05, 4.69) is 5.32 Å². The number of carbonyl (C=O) groups is 1. The summed E-state index contributed by atoms with van der Waals surface area (Å²) in [5.74, 6) is -0.441. The fourth-order valence-corrected chi connectivity index (χ4v) is 2.40. The van der Waals surface area contributed by atoms with Crippen LogP contribution in [0.15, 0.2) is 54.6 Å². The van der Waals surface area contributed by atoms with Gasteiger partial charge in [-0.15, -0.1) is 0 Å². The number of halogens is 1. The molecule has 0 aliphatic carbocycles.